The molecule has 1 aromatic carbocycles. The van der Waals surface area contributed by atoms with Crippen molar-refractivity contribution in [1.29, 1.82) is 0 Å². The maximum absolute atomic E-state index is 13.0. The Kier molecular flexibility index (Phi) is 4.07. The van der Waals surface area contributed by atoms with Gasteiger partial charge in [0.15, 0.2) is 0 Å². The second kappa shape index (κ2) is 6.39. The van der Waals surface area contributed by atoms with Crippen LogP contribution in [0.5, 0.6) is 0 Å². The average molecular weight is 337 g/mol. The van der Waals surface area contributed by atoms with Crippen molar-refractivity contribution >= 4 is 17.5 Å². The summed E-state index contributed by atoms with van der Waals surface area (Å²) in [4.78, 5) is 31.8. The van der Waals surface area contributed by atoms with Crippen molar-refractivity contribution in [3.05, 3.63) is 53.3 Å². The van der Waals surface area contributed by atoms with Crippen LogP contribution in [0, 0.1) is 6.92 Å². The number of para-hydroxylation sites is 1. The van der Waals surface area contributed by atoms with E-state index in [0.717, 1.165) is 42.9 Å². The van der Waals surface area contributed by atoms with E-state index in [4.69, 9.17) is 0 Å². The number of carbonyl (C=O) groups excluding carboxylic acids is 2. The molecule has 1 unspecified atom stereocenters. The van der Waals surface area contributed by atoms with E-state index in [2.05, 4.69) is 11.1 Å². The Morgan fingerprint density at radius 1 is 1.28 bits per heavy atom. The Hall–Kier alpha value is -2.56. The molecule has 0 bridgehead atoms. The lowest BCUT2D eigenvalue weighted by Gasteiger charge is -2.20. The largest absolute Gasteiger partial charge is 0.365 e. The molecule has 1 aromatic heterocycles. The molecular formula is C20H23N3O2. The van der Waals surface area contributed by atoms with Crippen LogP contribution >= 0.6 is 0 Å². The molecule has 1 N–H and O–H groups in total. The van der Waals surface area contributed by atoms with Gasteiger partial charge < -0.3 is 14.8 Å². The molecule has 1 fully saturated rings. The second-order valence-electron chi connectivity index (χ2n) is 6.96. The standard InChI is InChI=1S/C20H23N3O2/c1-14-16(8-10-21-14)20(25)23-13-15(17-5-2-3-6-18(17)23)9-12-22-11-4-7-19(22)24/h2-3,5-6,8,10,15,21H,4,7,9,11-13H2,1H3. The van der Waals surface area contributed by atoms with E-state index < -0.39 is 0 Å². The number of carbonyl (C=O) groups is 2. The molecule has 0 saturated carbocycles. The van der Waals surface area contributed by atoms with Crippen molar-refractivity contribution in [3.63, 3.8) is 0 Å². The summed E-state index contributed by atoms with van der Waals surface area (Å²) in [6.45, 7) is 4.26. The highest BCUT2D eigenvalue weighted by Gasteiger charge is 2.33. The highest BCUT2D eigenvalue weighted by atomic mass is 16.2. The van der Waals surface area contributed by atoms with E-state index in [0.29, 0.717) is 13.0 Å². The zero-order chi connectivity index (χ0) is 17.4. The number of nitrogens with one attached hydrogen (secondary N) is 1. The molecule has 2 aromatic rings. The van der Waals surface area contributed by atoms with Gasteiger partial charge in [-0.3, -0.25) is 9.59 Å². The molecule has 1 atom stereocenters. The number of hydrogen-bond acceptors (Lipinski definition) is 2. The molecule has 4 rings (SSSR count). The number of fused-ring (bicyclic) bond motifs is 1. The second-order valence-corrected chi connectivity index (χ2v) is 6.96. The van der Waals surface area contributed by atoms with Crippen LogP contribution in [0.15, 0.2) is 36.5 Å². The number of benzene rings is 1. The number of aryl methyl sites for hydroxylation is 1. The van der Waals surface area contributed by atoms with Gasteiger partial charge in [0.2, 0.25) is 5.91 Å². The molecule has 5 nitrogen and oxygen atoms in total. The van der Waals surface area contributed by atoms with Crippen molar-refractivity contribution in [3.8, 4) is 0 Å². The fourth-order valence-corrected chi connectivity index (χ4v) is 4.02. The fourth-order valence-electron chi connectivity index (χ4n) is 4.02. The number of aromatic amines is 1. The third-order valence-corrected chi connectivity index (χ3v) is 5.42. The van der Waals surface area contributed by atoms with Gasteiger partial charge in [0.1, 0.15) is 0 Å². The van der Waals surface area contributed by atoms with Crippen molar-refractivity contribution in [2.24, 2.45) is 0 Å². The van der Waals surface area contributed by atoms with Crippen LogP contribution in [0.25, 0.3) is 0 Å². The van der Waals surface area contributed by atoms with E-state index in [1.165, 1.54) is 5.56 Å². The zero-order valence-electron chi connectivity index (χ0n) is 14.5. The highest BCUT2D eigenvalue weighted by molar-refractivity contribution is 6.08. The summed E-state index contributed by atoms with van der Waals surface area (Å²) in [6.07, 6.45) is 4.36. The molecule has 0 aliphatic carbocycles. The molecule has 25 heavy (non-hydrogen) atoms. The quantitative estimate of drug-likeness (QED) is 0.932. The zero-order valence-corrected chi connectivity index (χ0v) is 14.5. The lowest BCUT2D eigenvalue weighted by atomic mass is 9.98. The third-order valence-electron chi connectivity index (χ3n) is 5.42. The molecule has 2 amide bonds. The van der Waals surface area contributed by atoms with Crippen LogP contribution in [0.2, 0.25) is 0 Å². The number of H-pyrrole nitrogens is 1. The van der Waals surface area contributed by atoms with Crippen LogP contribution in [0.4, 0.5) is 5.69 Å². The topological polar surface area (TPSA) is 56.4 Å². The summed E-state index contributed by atoms with van der Waals surface area (Å²) in [6, 6.07) is 9.99. The number of likely N-dealkylation sites (tertiary alicyclic amines) is 1. The lowest BCUT2D eigenvalue weighted by molar-refractivity contribution is -0.127. The van der Waals surface area contributed by atoms with Crippen LogP contribution in [-0.4, -0.2) is 41.3 Å². The smallest absolute Gasteiger partial charge is 0.260 e. The molecule has 5 heteroatoms. The van der Waals surface area contributed by atoms with Gasteiger partial charge in [-0.25, -0.2) is 0 Å². The van der Waals surface area contributed by atoms with E-state index in [1.54, 1.807) is 6.20 Å². The molecule has 130 valence electrons. The first-order chi connectivity index (χ1) is 12.1. The Labute approximate surface area is 147 Å². The van der Waals surface area contributed by atoms with Gasteiger partial charge >= 0.3 is 0 Å². The first-order valence-electron chi connectivity index (χ1n) is 8.97. The first kappa shape index (κ1) is 15.9. The van der Waals surface area contributed by atoms with Gasteiger partial charge in [0, 0.05) is 49.6 Å². The van der Waals surface area contributed by atoms with Crippen molar-refractivity contribution in [1.82, 2.24) is 9.88 Å². The Balaban J connectivity index is 1.54. The molecular weight excluding hydrogens is 314 g/mol. The monoisotopic (exact) mass is 337 g/mol. The summed E-state index contributed by atoms with van der Waals surface area (Å²) in [5.41, 5.74) is 3.85. The van der Waals surface area contributed by atoms with Gasteiger partial charge in [-0.1, -0.05) is 18.2 Å². The van der Waals surface area contributed by atoms with E-state index in [-0.39, 0.29) is 17.7 Å². The predicted molar refractivity (Wildman–Crippen MR) is 96.8 cm³/mol. The number of amides is 2. The van der Waals surface area contributed by atoms with Gasteiger partial charge in [0.25, 0.3) is 5.91 Å². The van der Waals surface area contributed by atoms with E-state index in [1.807, 2.05) is 41.0 Å². The summed E-state index contributed by atoms with van der Waals surface area (Å²) in [5, 5.41) is 0. The molecule has 3 heterocycles. The number of anilines is 1. The number of rotatable bonds is 4. The summed E-state index contributed by atoms with van der Waals surface area (Å²) < 4.78 is 0. The van der Waals surface area contributed by atoms with Gasteiger partial charge in [-0.15, -0.1) is 0 Å². The normalized spacial score (nSPS) is 19.6. The van der Waals surface area contributed by atoms with Gasteiger partial charge in [-0.2, -0.15) is 0 Å². The molecule has 0 radical (unpaired) electrons. The minimum Gasteiger partial charge on any atom is -0.365 e. The fraction of sp³-hybridized carbons (Fsp3) is 0.400. The lowest BCUT2D eigenvalue weighted by Crippen LogP contribution is -2.31. The molecule has 2 aliphatic rings. The average Bonchev–Trinajstić information content (AvgIpc) is 3.31. The summed E-state index contributed by atoms with van der Waals surface area (Å²) in [7, 11) is 0. The molecule has 2 aliphatic heterocycles. The minimum atomic E-state index is 0.0472. The maximum Gasteiger partial charge on any atom is 0.260 e. The number of hydrogen-bond donors (Lipinski definition) is 1. The van der Waals surface area contributed by atoms with Crippen molar-refractivity contribution < 1.29 is 9.59 Å². The SMILES string of the molecule is Cc1[nH]ccc1C(=O)N1CC(CCN2CCCC2=O)c2ccccc21. The van der Waals surface area contributed by atoms with Crippen LogP contribution in [0.1, 0.15) is 46.8 Å². The Bertz CT molecular complexity index is 811. The molecule has 1 saturated heterocycles. The first-order valence-corrected chi connectivity index (χ1v) is 8.97. The Morgan fingerprint density at radius 2 is 2.12 bits per heavy atom. The Morgan fingerprint density at radius 3 is 2.84 bits per heavy atom. The highest BCUT2D eigenvalue weighted by Crippen LogP contribution is 2.39. The van der Waals surface area contributed by atoms with Crippen LogP contribution in [0.3, 0.4) is 0 Å². The predicted octanol–water partition coefficient (Wildman–Crippen LogP) is 3.08. The number of nitrogens with zero attached hydrogens (tertiary/aromatic N) is 2. The molecule has 0 spiro atoms. The maximum atomic E-state index is 13.0. The van der Waals surface area contributed by atoms with E-state index in [9.17, 15) is 9.59 Å². The van der Waals surface area contributed by atoms with Crippen LogP contribution in [-0.2, 0) is 4.79 Å². The summed E-state index contributed by atoms with van der Waals surface area (Å²) in [5.74, 6) is 0.598. The summed E-state index contributed by atoms with van der Waals surface area (Å²) >= 11 is 0. The minimum absolute atomic E-state index is 0.0472. The van der Waals surface area contributed by atoms with Gasteiger partial charge in [0.05, 0.1) is 5.56 Å². The van der Waals surface area contributed by atoms with Crippen molar-refractivity contribution in [2.45, 2.75) is 32.1 Å². The van der Waals surface area contributed by atoms with Crippen LogP contribution < -0.4 is 4.90 Å². The number of aromatic nitrogens is 1. The van der Waals surface area contributed by atoms with Crippen molar-refractivity contribution in [2.75, 3.05) is 24.5 Å². The van der Waals surface area contributed by atoms with Gasteiger partial charge in [-0.05, 0) is 37.5 Å². The third kappa shape index (κ3) is 2.84. The van der Waals surface area contributed by atoms with E-state index >= 15 is 0 Å².